The number of aryl methyl sites for hydroxylation is 1. The Kier molecular flexibility index (Phi) is 3.43. The number of halogens is 1. The van der Waals surface area contributed by atoms with Crippen LogP contribution in [0.5, 0.6) is 0 Å². The molecule has 0 unspecified atom stereocenters. The van der Waals surface area contributed by atoms with Crippen LogP contribution in [0.2, 0.25) is 0 Å². The minimum absolute atomic E-state index is 0.138. The van der Waals surface area contributed by atoms with Crippen LogP contribution >= 0.6 is 22.6 Å². The minimum atomic E-state index is -0.138. The molecule has 20 heavy (non-hydrogen) atoms. The van der Waals surface area contributed by atoms with E-state index in [1.54, 1.807) is 37.3 Å². The quantitative estimate of drug-likeness (QED) is 0.686. The summed E-state index contributed by atoms with van der Waals surface area (Å²) in [6.45, 7) is 1.80. The number of aromatic nitrogens is 1. The second-order valence-electron chi connectivity index (χ2n) is 4.38. The van der Waals surface area contributed by atoms with Crippen molar-refractivity contribution in [2.45, 2.75) is 6.92 Å². The summed E-state index contributed by atoms with van der Waals surface area (Å²) in [7, 11) is 0. The van der Waals surface area contributed by atoms with E-state index in [1.807, 2.05) is 12.1 Å². The molecule has 0 bridgehead atoms. The fraction of sp³-hybridized carbons (Fsp3) is 0.0667. The molecule has 5 heteroatoms. The van der Waals surface area contributed by atoms with Crippen molar-refractivity contribution in [3.05, 3.63) is 57.5 Å². The van der Waals surface area contributed by atoms with Crippen molar-refractivity contribution in [3.8, 4) is 0 Å². The molecular weight excluding hydrogens is 367 g/mol. The average molecular weight is 378 g/mol. The van der Waals surface area contributed by atoms with Crippen LogP contribution in [0.4, 0.5) is 5.69 Å². The first-order valence-corrected chi connectivity index (χ1v) is 7.14. The van der Waals surface area contributed by atoms with Gasteiger partial charge in [0.05, 0.1) is 0 Å². The molecule has 1 heterocycles. The Morgan fingerprint density at radius 2 is 1.95 bits per heavy atom. The summed E-state index contributed by atoms with van der Waals surface area (Å²) in [5, 5.41) is 2.86. The van der Waals surface area contributed by atoms with Crippen molar-refractivity contribution in [2.24, 2.45) is 0 Å². The molecule has 3 rings (SSSR count). The van der Waals surface area contributed by atoms with Crippen LogP contribution in [0.1, 0.15) is 16.2 Å². The van der Waals surface area contributed by atoms with Crippen LogP contribution in [0, 0.1) is 10.5 Å². The van der Waals surface area contributed by atoms with E-state index in [1.165, 1.54) is 0 Å². The summed E-state index contributed by atoms with van der Waals surface area (Å²) < 4.78 is 6.50. The Morgan fingerprint density at radius 3 is 2.70 bits per heavy atom. The van der Waals surface area contributed by atoms with Gasteiger partial charge in [-0.25, -0.2) is 4.98 Å². The lowest BCUT2D eigenvalue weighted by Gasteiger charge is -2.05. The number of carbonyl (C=O) groups excluding carboxylic acids is 1. The first kappa shape index (κ1) is 13.1. The maximum Gasteiger partial charge on any atom is 0.255 e. The van der Waals surface area contributed by atoms with Crippen LogP contribution in [0.25, 0.3) is 11.1 Å². The molecule has 1 amide bonds. The van der Waals surface area contributed by atoms with E-state index in [-0.39, 0.29) is 5.91 Å². The second kappa shape index (κ2) is 5.24. The average Bonchev–Trinajstić information content (AvgIpc) is 2.78. The van der Waals surface area contributed by atoms with E-state index in [0.717, 1.165) is 14.7 Å². The van der Waals surface area contributed by atoms with Gasteiger partial charge in [-0.15, -0.1) is 0 Å². The number of anilines is 1. The molecule has 0 atom stereocenters. The Balaban J connectivity index is 1.84. The highest BCUT2D eigenvalue weighted by molar-refractivity contribution is 14.1. The van der Waals surface area contributed by atoms with Crippen LogP contribution < -0.4 is 5.32 Å². The molecule has 0 saturated heterocycles. The molecule has 0 radical (unpaired) electrons. The number of hydrogen-bond acceptors (Lipinski definition) is 3. The number of nitrogens with zero attached hydrogens (tertiary/aromatic N) is 1. The van der Waals surface area contributed by atoms with Crippen molar-refractivity contribution in [3.63, 3.8) is 0 Å². The lowest BCUT2D eigenvalue weighted by molar-refractivity contribution is 0.102. The van der Waals surface area contributed by atoms with Gasteiger partial charge in [-0.1, -0.05) is 0 Å². The first-order valence-electron chi connectivity index (χ1n) is 6.06. The SMILES string of the molecule is Cc1nc2cc(NC(=O)c3ccc(I)cc3)ccc2o1. The van der Waals surface area contributed by atoms with Crippen molar-refractivity contribution < 1.29 is 9.21 Å². The smallest absolute Gasteiger partial charge is 0.255 e. The summed E-state index contributed by atoms with van der Waals surface area (Å²) >= 11 is 2.20. The number of benzene rings is 2. The third kappa shape index (κ3) is 2.67. The maximum atomic E-state index is 12.1. The van der Waals surface area contributed by atoms with Gasteiger partial charge >= 0.3 is 0 Å². The van der Waals surface area contributed by atoms with Crippen LogP contribution in [0.3, 0.4) is 0 Å². The number of oxazole rings is 1. The molecule has 0 fully saturated rings. The molecule has 1 aromatic heterocycles. The predicted molar refractivity (Wildman–Crippen MR) is 85.9 cm³/mol. The molecule has 1 N–H and O–H groups in total. The van der Waals surface area contributed by atoms with Crippen molar-refractivity contribution in [1.29, 1.82) is 0 Å². The number of hydrogen-bond donors (Lipinski definition) is 1. The zero-order chi connectivity index (χ0) is 14.1. The van der Waals surface area contributed by atoms with Crippen LogP contribution in [-0.2, 0) is 0 Å². The largest absolute Gasteiger partial charge is 0.441 e. The standard InChI is InChI=1S/C15H11IN2O2/c1-9-17-13-8-12(6-7-14(13)20-9)18-15(19)10-2-4-11(16)5-3-10/h2-8H,1H3,(H,18,19). The van der Waals surface area contributed by atoms with Gasteiger partial charge in [-0.3, -0.25) is 4.79 Å². The number of carbonyl (C=O) groups is 1. The Hall–Kier alpha value is -1.89. The van der Waals surface area contributed by atoms with E-state index in [0.29, 0.717) is 17.1 Å². The molecular formula is C15H11IN2O2. The van der Waals surface area contributed by atoms with E-state index in [2.05, 4.69) is 32.9 Å². The highest BCUT2D eigenvalue weighted by Crippen LogP contribution is 2.20. The van der Waals surface area contributed by atoms with Crippen LogP contribution in [-0.4, -0.2) is 10.9 Å². The van der Waals surface area contributed by atoms with Gasteiger partial charge in [0, 0.05) is 21.7 Å². The Bertz CT molecular complexity index is 778. The van der Waals surface area contributed by atoms with Gasteiger partial charge in [-0.2, -0.15) is 0 Å². The number of amides is 1. The molecule has 4 nitrogen and oxygen atoms in total. The first-order chi connectivity index (χ1) is 9.61. The van der Waals surface area contributed by atoms with Gasteiger partial charge < -0.3 is 9.73 Å². The third-order valence-electron chi connectivity index (χ3n) is 2.86. The normalized spacial score (nSPS) is 10.7. The summed E-state index contributed by atoms with van der Waals surface area (Å²) in [6.07, 6.45) is 0. The topological polar surface area (TPSA) is 55.1 Å². The lowest BCUT2D eigenvalue weighted by Crippen LogP contribution is -2.11. The molecule has 2 aromatic carbocycles. The van der Waals surface area contributed by atoms with Crippen molar-refractivity contribution >= 4 is 45.3 Å². The van der Waals surface area contributed by atoms with Gasteiger partial charge in [0.25, 0.3) is 5.91 Å². The molecule has 0 saturated carbocycles. The second-order valence-corrected chi connectivity index (χ2v) is 5.62. The fourth-order valence-electron chi connectivity index (χ4n) is 1.92. The molecule has 0 aliphatic heterocycles. The van der Waals surface area contributed by atoms with E-state index < -0.39 is 0 Å². The maximum absolute atomic E-state index is 12.1. The van der Waals surface area contributed by atoms with Gasteiger partial charge in [0.2, 0.25) is 0 Å². The van der Waals surface area contributed by atoms with Crippen LogP contribution in [0.15, 0.2) is 46.9 Å². The van der Waals surface area contributed by atoms with Gasteiger partial charge in [0.15, 0.2) is 11.5 Å². The molecule has 0 spiro atoms. The predicted octanol–water partition coefficient (Wildman–Crippen LogP) is 3.99. The Morgan fingerprint density at radius 1 is 1.20 bits per heavy atom. The monoisotopic (exact) mass is 378 g/mol. The van der Waals surface area contributed by atoms with E-state index >= 15 is 0 Å². The fourth-order valence-corrected chi connectivity index (χ4v) is 2.28. The summed E-state index contributed by atoms with van der Waals surface area (Å²) in [5.74, 6) is 0.474. The highest BCUT2D eigenvalue weighted by Gasteiger charge is 2.08. The van der Waals surface area contributed by atoms with Crippen molar-refractivity contribution in [2.75, 3.05) is 5.32 Å². The lowest BCUT2D eigenvalue weighted by atomic mass is 10.2. The summed E-state index contributed by atoms with van der Waals surface area (Å²) in [5.41, 5.74) is 2.79. The minimum Gasteiger partial charge on any atom is -0.441 e. The molecule has 0 aliphatic rings. The molecule has 0 aliphatic carbocycles. The summed E-state index contributed by atoms with van der Waals surface area (Å²) in [4.78, 5) is 16.4. The zero-order valence-electron chi connectivity index (χ0n) is 10.7. The van der Waals surface area contributed by atoms with Gasteiger partial charge in [0.1, 0.15) is 5.52 Å². The number of nitrogens with one attached hydrogen (secondary N) is 1. The molecule has 3 aromatic rings. The third-order valence-corrected chi connectivity index (χ3v) is 3.58. The summed E-state index contributed by atoms with van der Waals surface area (Å²) in [6, 6.07) is 12.8. The highest BCUT2D eigenvalue weighted by atomic mass is 127. The Labute approximate surface area is 129 Å². The van der Waals surface area contributed by atoms with Crippen molar-refractivity contribution in [1.82, 2.24) is 4.98 Å². The zero-order valence-corrected chi connectivity index (χ0v) is 12.8. The molecule has 100 valence electrons. The van der Waals surface area contributed by atoms with E-state index in [4.69, 9.17) is 4.42 Å². The van der Waals surface area contributed by atoms with Gasteiger partial charge in [-0.05, 0) is 65.1 Å². The number of rotatable bonds is 2. The number of fused-ring (bicyclic) bond motifs is 1. The van der Waals surface area contributed by atoms with E-state index in [9.17, 15) is 4.79 Å².